The van der Waals surface area contributed by atoms with Gasteiger partial charge in [-0.25, -0.2) is 0 Å². The van der Waals surface area contributed by atoms with Crippen molar-refractivity contribution in [2.45, 2.75) is 62.9 Å². The van der Waals surface area contributed by atoms with Crippen molar-refractivity contribution in [3.63, 3.8) is 0 Å². The maximum absolute atomic E-state index is 13.8. The first kappa shape index (κ1) is 28.7. The fraction of sp³-hybridized carbons (Fsp3) is 0.355. The van der Waals surface area contributed by atoms with E-state index in [1.54, 1.807) is 16.7 Å². The van der Waals surface area contributed by atoms with Gasteiger partial charge in [0.15, 0.2) is 0 Å². The molecule has 0 aromatic heterocycles. The lowest BCUT2D eigenvalue weighted by atomic mass is 9.94. The molecule has 1 fully saturated rings. The van der Waals surface area contributed by atoms with Gasteiger partial charge in [0.1, 0.15) is 6.04 Å². The number of nitrogens with zero attached hydrogens (tertiary/aromatic N) is 1. The van der Waals surface area contributed by atoms with Gasteiger partial charge in [0, 0.05) is 34.3 Å². The van der Waals surface area contributed by atoms with Crippen LogP contribution in [0.5, 0.6) is 0 Å². The third kappa shape index (κ3) is 8.89. The number of hydrogen-bond acceptors (Lipinski definition) is 3. The summed E-state index contributed by atoms with van der Waals surface area (Å²) >= 11 is 11.2. The molecule has 4 nitrogen and oxygen atoms in total. The lowest BCUT2D eigenvalue weighted by Gasteiger charge is -2.33. The Morgan fingerprint density at radius 1 is 0.895 bits per heavy atom. The smallest absolute Gasteiger partial charge is 0.243 e. The number of carbonyl (C=O) groups is 2. The molecule has 0 bridgehead atoms. The van der Waals surface area contributed by atoms with Gasteiger partial charge >= 0.3 is 0 Å². The van der Waals surface area contributed by atoms with E-state index in [4.69, 9.17) is 11.6 Å². The zero-order valence-corrected chi connectivity index (χ0v) is 24.6. The normalized spacial score (nSPS) is 14.6. The van der Waals surface area contributed by atoms with E-state index in [0.29, 0.717) is 23.7 Å². The molecule has 1 N–H and O–H groups in total. The van der Waals surface area contributed by atoms with Crippen molar-refractivity contribution in [1.29, 1.82) is 0 Å². The Morgan fingerprint density at radius 3 is 2.24 bits per heavy atom. The van der Waals surface area contributed by atoms with E-state index in [1.807, 2.05) is 66.7 Å². The lowest BCUT2D eigenvalue weighted by molar-refractivity contribution is -0.139. The van der Waals surface area contributed by atoms with Crippen LogP contribution in [0.2, 0.25) is 5.02 Å². The molecule has 0 spiro atoms. The summed E-state index contributed by atoms with van der Waals surface area (Å²) in [6.45, 7) is 0.352. The van der Waals surface area contributed by atoms with Crippen molar-refractivity contribution in [3.05, 3.63) is 105 Å². The largest absolute Gasteiger partial charge is 0.352 e. The predicted molar refractivity (Wildman–Crippen MR) is 161 cm³/mol. The number of nitrogens with one attached hydrogen (secondary N) is 1. The molecular weight excluding hydrogens is 580 g/mol. The van der Waals surface area contributed by atoms with E-state index in [0.717, 1.165) is 52.6 Å². The predicted octanol–water partition coefficient (Wildman–Crippen LogP) is 7.42. The second kappa shape index (κ2) is 14.8. The Kier molecular flexibility index (Phi) is 11.2. The molecule has 3 aromatic carbocycles. The van der Waals surface area contributed by atoms with E-state index in [-0.39, 0.29) is 17.9 Å². The summed E-state index contributed by atoms with van der Waals surface area (Å²) in [4.78, 5) is 29.3. The topological polar surface area (TPSA) is 49.4 Å². The van der Waals surface area contributed by atoms with Crippen LogP contribution in [0.3, 0.4) is 0 Å². The van der Waals surface area contributed by atoms with Crippen molar-refractivity contribution in [1.82, 2.24) is 10.2 Å². The summed E-state index contributed by atoms with van der Waals surface area (Å²) in [6, 6.07) is 25.2. The highest BCUT2D eigenvalue weighted by molar-refractivity contribution is 9.10. The van der Waals surface area contributed by atoms with E-state index >= 15 is 0 Å². The standard InChI is InChI=1S/C31H34BrClN2O2S/c32-26-15-11-25(12-16-26)21-38-22-30(36)35(20-24-13-17-27(33)18-14-24)29(19-23-7-3-1-4-8-23)31(37)34-28-9-5-2-6-10-28/h1,3-4,7-8,11-18,28-29H,2,5-6,9-10,19-22H2,(H,34,37)/t29-/m0/s1. The SMILES string of the molecule is O=C(NC1CCCCC1)[C@H](Cc1ccccc1)N(Cc1ccc(Cl)cc1)C(=O)CSCc1ccc(Br)cc1. The van der Waals surface area contributed by atoms with Gasteiger partial charge in [0.05, 0.1) is 5.75 Å². The van der Waals surface area contributed by atoms with Crippen molar-refractivity contribution in [2.75, 3.05) is 5.75 Å². The highest BCUT2D eigenvalue weighted by Gasteiger charge is 2.31. The second-order valence-electron chi connectivity index (χ2n) is 9.82. The van der Waals surface area contributed by atoms with E-state index < -0.39 is 6.04 Å². The summed E-state index contributed by atoms with van der Waals surface area (Å²) in [5, 5.41) is 3.94. The number of thioether (sulfide) groups is 1. The van der Waals surface area contributed by atoms with Gasteiger partial charge in [-0.3, -0.25) is 9.59 Å². The van der Waals surface area contributed by atoms with Crippen LogP contribution < -0.4 is 5.32 Å². The van der Waals surface area contributed by atoms with Crippen LogP contribution in [0.4, 0.5) is 0 Å². The van der Waals surface area contributed by atoms with Crippen LogP contribution in [0.25, 0.3) is 0 Å². The van der Waals surface area contributed by atoms with Crippen LogP contribution in [-0.4, -0.2) is 34.6 Å². The minimum atomic E-state index is -0.601. The molecule has 3 aromatic rings. The minimum Gasteiger partial charge on any atom is -0.352 e. The average Bonchev–Trinajstić information content (AvgIpc) is 2.94. The van der Waals surface area contributed by atoms with Crippen molar-refractivity contribution in [2.24, 2.45) is 0 Å². The Balaban J connectivity index is 1.55. The molecule has 0 radical (unpaired) electrons. The van der Waals surface area contributed by atoms with Gasteiger partial charge in [-0.2, -0.15) is 0 Å². The molecule has 1 aliphatic carbocycles. The van der Waals surface area contributed by atoms with E-state index in [1.165, 1.54) is 6.42 Å². The molecule has 38 heavy (non-hydrogen) atoms. The zero-order valence-electron chi connectivity index (χ0n) is 21.5. The third-order valence-corrected chi connectivity index (χ3v) is 8.67. The molecule has 2 amide bonds. The van der Waals surface area contributed by atoms with Crippen molar-refractivity contribution >= 4 is 51.1 Å². The first-order valence-electron chi connectivity index (χ1n) is 13.2. The summed E-state index contributed by atoms with van der Waals surface area (Å²) in [5.74, 6) is 0.916. The number of hydrogen-bond donors (Lipinski definition) is 1. The maximum Gasteiger partial charge on any atom is 0.243 e. The lowest BCUT2D eigenvalue weighted by Crippen LogP contribution is -2.53. The summed E-state index contributed by atoms with van der Waals surface area (Å²) in [5.41, 5.74) is 3.14. The van der Waals surface area contributed by atoms with Gasteiger partial charge in [-0.05, 0) is 53.8 Å². The molecule has 7 heteroatoms. The van der Waals surface area contributed by atoms with Crippen LogP contribution in [0, 0.1) is 0 Å². The number of halogens is 2. The Hall–Kier alpha value is -2.28. The summed E-state index contributed by atoms with van der Waals surface area (Å²) in [7, 11) is 0. The highest BCUT2D eigenvalue weighted by atomic mass is 79.9. The number of amides is 2. The second-order valence-corrected chi connectivity index (χ2v) is 12.2. The van der Waals surface area contributed by atoms with Crippen LogP contribution in [0.1, 0.15) is 48.8 Å². The Morgan fingerprint density at radius 2 is 1.55 bits per heavy atom. The fourth-order valence-corrected chi connectivity index (χ4v) is 6.07. The average molecular weight is 614 g/mol. The van der Waals surface area contributed by atoms with Gasteiger partial charge in [-0.1, -0.05) is 101 Å². The molecule has 1 aliphatic rings. The van der Waals surface area contributed by atoms with E-state index in [9.17, 15) is 9.59 Å². The van der Waals surface area contributed by atoms with Crippen molar-refractivity contribution < 1.29 is 9.59 Å². The summed E-state index contributed by atoms with van der Waals surface area (Å²) < 4.78 is 1.03. The zero-order chi connectivity index (χ0) is 26.7. The number of carbonyl (C=O) groups excluding carboxylic acids is 2. The van der Waals surface area contributed by atoms with Crippen molar-refractivity contribution in [3.8, 4) is 0 Å². The first-order valence-corrected chi connectivity index (χ1v) is 15.5. The van der Waals surface area contributed by atoms with Crippen LogP contribution in [-0.2, 0) is 28.3 Å². The Bertz CT molecular complexity index is 1170. The Labute approximate surface area is 243 Å². The monoisotopic (exact) mass is 612 g/mol. The summed E-state index contributed by atoms with van der Waals surface area (Å²) in [6.07, 6.45) is 5.95. The molecule has 1 atom stereocenters. The highest BCUT2D eigenvalue weighted by Crippen LogP contribution is 2.22. The van der Waals surface area contributed by atoms with Crippen LogP contribution in [0.15, 0.2) is 83.3 Å². The van der Waals surface area contributed by atoms with Gasteiger partial charge in [0.2, 0.25) is 11.8 Å². The number of rotatable bonds is 11. The number of benzene rings is 3. The van der Waals surface area contributed by atoms with Gasteiger partial charge in [0.25, 0.3) is 0 Å². The quantitative estimate of drug-likeness (QED) is 0.245. The molecule has 0 aliphatic heterocycles. The minimum absolute atomic E-state index is 0.0400. The van der Waals surface area contributed by atoms with Gasteiger partial charge < -0.3 is 10.2 Å². The molecule has 200 valence electrons. The van der Waals surface area contributed by atoms with Crippen LogP contribution >= 0.6 is 39.3 Å². The van der Waals surface area contributed by atoms with Gasteiger partial charge in [-0.15, -0.1) is 11.8 Å². The van der Waals surface area contributed by atoms with E-state index in [2.05, 4.69) is 33.4 Å². The first-order chi connectivity index (χ1) is 18.5. The molecule has 1 saturated carbocycles. The molecule has 0 saturated heterocycles. The fourth-order valence-electron chi connectivity index (χ4n) is 4.80. The third-order valence-electron chi connectivity index (χ3n) is 6.90. The molecule has 4 rings (SSSR count). The maximum atomic E-state index is 13.8. The molecule has 0 heterocycles. The molecular formula is C31H34BrClN2O2S. The molecule has 0 unspecified atom stereocenters.